The van der Waals surface area contributed by atoms with E-state index in [4.69, 9.17) is 20.9 Å². The SMILES string of the molecule is Nc1cccc(C2(c3cccc(N)c3Oc3ccc(O)cc3)C3CC4CC(C3)CC2C4)c1Oc1ccc(O)cc1. The minimum Gasteiger partial charge on any atom is -0.508 e. The molecule has 0 aromatic heterocycles. The molecular weight excluding hydrogens is 500 g/mol. The van der Waals surface area contributed by atoms with Gasteiger partial charge in [-0.05, 0) is 116 Å². The van der Waals surface area contributed by atoms with Crippen LogP contribution in [0.4, 0.5) is 11.4 Å². The lowest BCUT2D eigenvalue weighted by molar-refractivity contribution is -0.0430. The zero-order chi connectivity index (χ0) is 27.4. The van der Waals surface area contributed by atoms with E-state index < -0.39 is 5.41 Å². The minimum absolute atomic E-state index is 0.182. The Morgan fingerprint density at radius 2 is 0.950 bits per heavy atom. The Kier molecular flexibility index (Phi) is 5.81. The molecule has 204 valence electrons. The van der Waals surface area contributed by atoms with Gasteiger partial charge in [-0.15, -0.1) is 0 Å². The van der Waals surface area contributed by atoms with Crippen LogP contribution in [0.25, 0.3) is 0 Å². The second-order valence-corrected chi connectivity index (χ2v) is 11.8. The lowest BCUT2D eigenvalue weighted by Crippen LogP contribution is -2.56. The van der Waals surface area contributed by atoms with Crippen LogP contribution < -0.4 is 20.9 Å². The Morgan fingerprint density at radius 1 is 0.550 bits per heavy atom. The number of hydrogen-bond acceptors (Lipinski definition) is 6. The van der Waals surface area contributed by atoms with E-state index in [1.807, 2.05) is 24.3 Å². The average Bonchev–Trinajstić information content (AvgIpc) is 2.94. The number of rotatable bonds is 6. The van der Waals surface area contributed by atoms with Crippen LogP contribution in [0.15, 0.2) is 84.9 Å². The van der Waals surface area contributed by atoms with Crippen molar-refractivity contribution in [1.29, 1.82) is 0 Å². The first-order chi connectivity index (χ1) is 19.4. The van der Waals surface area contributed by atoms with Gasteiger partial charge < -0.3 is 31.2 Å². The number of phenolic OH excluding ortho intramolecular Hbond substituents is 2. The highest BCUT2D eigenvalue weighted by Crippen LogP contribution is 2.68. The van der Waals surface area contributed by atoms with Crippen molar-refractivity contribution in [2.45, 2.75) is 37.5 Å². The van der Waals surface area contributed by atoms with Crippen molar-refractivity contribution in [3.8, 4) is 34.5 Å². The second kappa shape index (κ2) is 9.40. The van der Waals surface area contributed by atoms with E-state index in [9.17, 15) is 10.2 Å². The number of benzene rings is 4. The number of para-hydroxylation sites is 2. The van der Waals surface area contributed by atoms with Crippen LogP contribution in [-0.2, 0) is 5.41 Å². The third-order valence-corrected chi connectivity index (χ3v) is 9.52. The molecule has 4 saturated carbocycles. The zero-order valence-electron chi connectivity index (χ0n) is 22.3. The maximum atomic E-state index is 9.84. The van der Waals surface area contributed by atoms with Crippen LogP contribution in [0.1, 0.15) is 43.2 Å². The first kappa shape index (κ1) is 24.7. The van der Waals surface area contributed by atoms with Gasteiger partial charge in [-0.2, -0.15) is 0 Å². The van der Waals surface area contributed by atoms with Gasteiger partial charge in [-0.1, -0.05) is 24.3 Å². The summed E-state index contributed by atoms with van der Waals surface area (Å²) in [5.74, 6) is 5.14. The molecule has 0 saturated heterocycles. The van der Waals surface area contributed by atoms with Crippen molar-refractivity contribution >= 4 is 11.4 Å². The number of nitrogens with two attached hydrogens (primary N) is 2. The van der Waals surface area contributed by atoms with Crippen molar-refractivity contribution in [3.63, 3.8) is 0 Å². The molecular formula is C34H34N2O4. The molecule has 4 aliphatic rings. The van der Waals surface area contributed by atoms with Crippen molar-refractivity contribution in [2.24, 2.45) is 23.7 Å². The summed E-state index contributed by atoms with van der Waals surface area (Å²) in [6.45, 7) is 0. The first-order valence-corrected chi connectivity index (χ1v) is 14.1. The quantitative estimate of drug-likeness (QED) is 0.190. The van der Waals surface area contributed by atoms with Crippen LogP contribution in [0, 0.1) is 23.7 Å². The molecule has 0 heterocycles. The van der Waals surface area contributed by atoms with Crippen LogP contribution in [0.2, 0.25) is 0 Å². The molecule has 4 aromatic rings. The Balaban J connectivity index is 1.45. The molecule has 0 amide bonds. The largest absolute Gasteiger partial charge is 0.508 e. The second-order valence-electron chi connectivity index (χ2n) is 11.8. The third-order valence-electron chi connectivity index (χ3n) is 9.52. The minimum atomic E-state index is -0.406. The van der Waals surface area contributed by atoms with E-state index >= 15 is 0 Å². The summed E-state index contributed by atoms with van der Waals surface area (Å²) in [4.78, 5) is 0. The first-order valence-electron chi connectivity index (χ1n) is 14.1. The van der Waals surface area contributed by atoms with E-state index in [0.29, 0.717) is 46.2 Å². The molecule has 6 N–H and O–H groups in total. The van der Waals surface area contributed by atoms with Gasteiger partial charge in [0.1, 0.15) is 23.0 Å². The zero-order valence-corrected chi connectivity index (χ0v) is 22.3. The van der Waals surface area contributed by atoms with E-state index in [0.717, 1.165) is 48.6 Å². The molecule has 0 aliphatic heterocycles. The topological polar surface area (TPSA) is 111 Å². The van der Waals surface area contributed by atoms with Gasteiger partial charge in [0, 0.05) is 16.5 Å². The fourth-order valence-electron chi connectivity index (χ4n) is 8.21. The molecule has 0 radical (unpaired) electrons. The molecule has 4 bridgehead atoms. The summed E-state index contributed by atoms with van der Waals surface area (Å²) in [6.07, 6.45) is 5.91. The molecule has 0 spiro atoms. The Bertz CT molecular complexity index is 1420. The lowest BCUT2D eigenvalue weighted by Gasteiger charge is -2.62. The van der Waals surface area contributed by atoms with E-state index in [1.54, 1.807) is 48.5 Å². The number of hydrogen-bond donors (Lipinski definition) is 4. The summed E-state index contributed by atoms with van der Waals surface area (Å²) >= 11 is 0. The molecule has 40 heavy (non-hydrogen) atoms. The molecule has 6 nitrogen and oxygen atoms in total. The van der Waals surface area contributed by atoms with Gasteiger partial charge in [0.2, 0.25) is 0 Å². The normalized spacial score (nSPS) is 24.1. The maximum Gasteiger partial charge on any atom is 0.154 e. The van der Waals surface area contributed by atoms with Gasteiger partial charge in [0.05, 0.1) is 11.4 Å². The van der Waals surface area contributed by atoms with Gasteiger partial charge in [0.25, 0.3) is 0 Å². The predicted molar refractivity (Wildman–Crippen MR) is 156 cm³/mol. The third kappa shape index (κ3) is 3.93. The van der Waals surface area contributed by atoms with Crippen molar-refractivity contribution in [1.82, 2.24) is 0 Å². The highest BCUT2D eigenvalue weighted by molar-refractivity contribution is 5.68. The number of ether oxygens (including phenoxy) is 2. The fraction of sp³-hybridized carbons (Fsp3) is 0.294. The summed E-state index contributed by atoms with van der Waals surface area (Å²) < 4.78 is 13.1. The van der Waals surface area contributed by atoms with Gasteiger partial charge in [-0.3, -0.25) is 0 Å². The summed E-state index contributed by atoms with van der Waals surface area (Å²) in [7, 11) is 0. The highest BCUT2D eigenvalue weighted by atomic mass is 16.5. The number of aromatic hydroxyl groups is 2. The van der Waals surface area contributed by atoms with Crippen LogP contribution >= 0.6 is 0 Å². The van der Waals surface area contributed by atoms with E-state index in [1.165, 1.54) is 6.42 Å². The summed E-state index contributed by atoms with van der Waals surface area (Å²) in [5.41, 5.74) is 16.2. The van der Waals surface area contributed by atoms with Gasteiger partial charge in [-0.25, -0.2) is 0 Å². The predicted octanol–water partition coefficient (Wildman–Crippen LogP) is 7.59. The smallest absolute Gasteiger partial charge is 0.154 e. The van der Waals surface area contributed by atoms with Gasteiger partial charge in [0.15, 0.2) is 11.5 Å². The van der Waals surface area contributed by atoms with Crippen molar-refractivity contribution in [3.05, 3.63) is 96.1 Å². The summed E-state index contributed by atoms with van der Waals surface area (Å²) in [5, 5.41) is 19.7. The van der Waals surface area contributed by atoms with Gasteiger partial charge >= 0.3 is 0 Å². The molecule has 8 rings (SSSR count). The monoisotopic (exact) mass is 534 g/mol. The molecule has 6 heteroatoms. The molecule has 4 fully saturated rings. The highest BCUT2D eigenvalue weighted by Gasteiger charge is 2.60. The average molecular weight is 535 g/mol. The maximum absolute atomic E-state index is 9.84. The number of phenols is 2. The van der Waals surface area contributed by atoms with E-state index in [-0.39, 0.29) is 11.5 Å². The molecule has 4 aliphatic carbocycles. The fourth-order valence-corrected chi connectivity index (χ4v) is 8.21. The standard InChI is InChI=1S/C34H34N2O4/c35-30-5-1-3-28(32(30)39-26-11-7-24(37)8-12-26)34(22-16-20-15-21(18-22)19-23(34)17-20)29-4-2-6-31(36)33(29)40-27-13-9-25(38)10-14-27/h1-14,20-23,37-38H,15-19,35-36H2. The van der Waals surface area contributed by atoms with E-state index in [2.05, 4.69) is 12.1 Å². The molecule has 4 aromatic carbocycles. The van der Waals surface area contributed by atoms with Crippen molar-refractivity contribution < 1.29 is 19.7 Å². The molecule has 0 unspecified atom stereocenters. The number of anilines is 2. The number of nitrogen functional groups attached to an aromatic ring is 2. The molecule has 0 atom stereocenters. The Labute approximate surface area is 234 Å². The summed E-state index contributed by atoms with van der Waals surface area (Å²) in [6, 6.07) is 25.7. The van der Waals surface area contributed by atoms with Crippen LogP contribution in [0.5, 0.6) is 34.5 Å². The Morgan fingerprint density at radius 3 is 1.35 bits per heavy atom. The van der Waals surface area contributed by atoms with Crippen LogP contribution in [0.3, 0.4) is 0 Å². The van der Waals surface area contributed by atoms with Crippen LogP contribution in [-0.4, -0.2) is 10.2 Å². The van der Waals surface area contributed by atoms with Crippen molar-refractivity contribution in [2.75, 3.05) is 11.5 Å². The lowest BCUT2D eigenvalue weighted by atomic mass is 9.42. The Hall–Kier alpha value is -4.32.